The van der Waals surface area contributed by atoms with E-state index in [2.05, 4.69) is 15.2 Å². The molecule has 0 bridgehead atoms. The van der Waals surface area contributed by atoms with Crippen LogP contribution in [-0.4, -0.2) is 32.2 Å². The van der Waals surface area contributed by atoms with E-state index >= 15 is 0 Å². The average Bonchev–Trinajstić information content (AvgIpc) is 2.69. The monoisotopic (exact) mass is 207 g/mol. The Kier molecular flexibility index (Phi) is 1.91. The zero-order valence-corrected chi connectivity index (χ0v) is 9.40. The molecule has 1 radical (unpaired) electrons. The molecule has 1 N–H and O–H groups in total. The number of nitrogens with zero attached hydrogens (tertiary/aromatic N) is 3. The molecule has 15 heavy (non-hydrogen) atoms. The smallest absolute Gasteiger partial charge is 0.177 e. The third-order valence-corrected chi connectivity index (χ3v) is 3.32. The van der Waals surface area contributed by atoms with Crippen LogP contribution in [0.3, 0.4) is 0 Å². The van der Waals surface area contributed by atoms with Crippen molar-refractivity contribution in [1.29, 1.82) is 0 Å². The first-order valence-electron chi connectivity index (χ1n) is 4.93. The van der Waals surface area contributed by atoms with Crippen LogP contribution in [0.25, 0.3) is 0 Å². The van der Waals surface area contributed by atoms with Crippen molar-refractivity contribution in [3.8, 4) is 0 Å². The standard InChI is InChI=1S/C10H15N4O/c1-9(2)10(3,4)14(15)8(12-9)7-5-6-11-13-7/h5-6H,1-4H3,(H,11,13). The quantitative estimate of drug-likeness (QED) is 0.756. The number of rotatable bonds is 1. The van der Waals surface area contributed by atoms with Gasteiger partial charge in [0.05, 0.1) is 11.1 Å². The van der Waals surface area contributed by atoms with E-state index in [1.807, 2.05) is 27.7 Å². The van der Waals surface area contributed by atoms with Crippen molar-refractivity contribution in [2.45, 2.75) is 38.8 Å². The molecule has 2 heterocycles. The summed E-state index contributed by atoms with van der Waals surface area (Å²) in [6.07, 6.45) is 1.62. The molecule has 5 nitrogen and oxygen atoms in total. The maximum atomic E-state index is 12.1. The molecule has 81 valence electrons. The largest absolute Gasteiger partial charge is 0.275 e. The van der Waals surface area contributed by atoms with Crippen molar-refractivity contribution >= 4 is 5.84 Å². The Hall–Kier alpha value is -1.36. The van der Waals surface area contributed by atoms with Crippen LogP contribution < -0.4 is 0 Å². The number of aliphatic imine (C=N–C) groups is 1. The Labute approximate surface area is 88.8 Å². The zero-order valence-electron chi connectivity index (χ0n) is 9.40. The van der Waals surface area contributed by atoms with E-state index in [1.165, 1.54) is 0 Å². The number of amidine groups is 1. The fraction of sp³-hybridized carbons (Fsp3) is 0.600. The number of nitrogens with one attached hydrogen (secondary N) is 1. The Morgan fingerprint density at radius 3 is 2.40 bits per heavy atom. The lowest BCUT2D eigenvalue weighted by Gasteiger charge is -2.35. The summed E-state index contributed by atoms with van der Waals surface area (Å²) in [5.74, 6) is 0.433. The van der Waals surface area contributed by atoms with Crippen molar-refractivity contribution in [2.24, 2.45) is 4.99 Å². The van der Waals surface area contributed by atoms with Gasteiger partial charge in [0.1, 0.15) is 5.69 Å². The zero-order chi connectivity index (χ0) is 11.3. The second-order valence-electron chi connectivity index (χ2n) is 4.82. The lowest BCUT2D eigenvalue weighted by atomic mass is 9.84. The summed E-state index contributed by atoms with van der Waals surface area (Å²) in [7, 11) is 0. The van der Waals surface area contributed by atoms with Crippen LogP contribution in [0.1, 0.15) is 33.4 Å². The molecule has 0 aromatic carbocycles. The molecule has 0 aliphatic carbocycles. The number of aromatic nitrogens is 2. The number of aromatic amines is 1. The van der Waals surface area contributed by atoms with Crippen LogP contribution in [0.5, 0.6) is 0 Å². The van der Waals surface area contributed by atoms with E-state index < -0.39 is 11.1 Å². The molecule has 0 saturated carbocycles. The Morgan fingerprint density at radius 1 is 1.33 bits per heavy atom. The summed E-state index contributed by atoms with van der Waals surface area (Å²) in [5, 5.41) is 19.6. The van der Waals surface area contributed by atoms with Gasteiger partial charge in [0.25, 0.3) is 0 Å². The lowest BCUT2D eigenvalue weighted by molar-refractivity contribution is -0.158. The maximum Gasteiger partial charge on any atom is 0.177 e. The lowest BCUT2D eigenvalue weighted by Crippen LogP contribution is -2.50. The summed E-state index contributed by atoms with van der Waals surface area (Å²) in [4.78, 5) is 4.46. The van der Waals surface area contributed by atoms with Crippen molar-refractivity contribution in [3.63, 3.8) is 0 Å². The van der Waals surface area contributed by atoms with Gasteiger partial charge in [-0.15, -0.1) is 0 Å². The highest BCUT2D eigenvalue weighted by molar-refractivity contribution is 5.98. The Bertz CT molecular complexity index is 392. The molecule has 1 aliphatic heterocycles. The number of hydroxylamine groups is 2. The number of hydrogen-bond acceptors (Lipinski definition) is 3. The van der Waals surface area contributed by atoms with Crippen molar-refractivity contribution in [1.82, 2.24) is 15.3 Å². The normalized spacial score (nSPS) is 23.0. The van der Waals surface area contributed by atoms with Gasteiger partial charge in [0.15, 0.2) is 5.84 Å². The molecular weight excluding hydrogens is 192 g/mol. The highest BCUT2D eigenvalue weighted by Crippen LogP contribution is 2.37. The van der Waals surface area contributed by atoms with Gasteiger partial charge in [-0.25, -0.2) is 0 Å². The minimum absolute atomic E-state index is 0.394. The fourth-order valence-electron chi connectivity index (χ4n) is 1.51. The molecule has 0 amide bonds. The first-order valence-corrected chi connectivity index (χ1v) is 4.93. The third-order valence-electron chi connectivity index (χ3n) is 3.32. The van der Waals surface area contributed by atoms with Gasteiger partial charge in [-0.3, -0.25) is 10.1 Å². The van der Waals surface area contributed by atoms with Gasteiger partial charge in [0, 0.05) is 6.20 Å². The van der Waals surface area contributed by atoms with Gasteiger partial charge in [-0.1, -0.05) is 5.21 Å². The van der Waals surface area contributed by atoms with E-state index in [0.717, 1.165) is 5.06 Å². The van der Waals surface area contributed by atoms with Gasteiger partial charge in [0.2, 0.25) is 0 Å². The van der Waals surface area contributed by atoms with Crippen LogP contribution in [-0.2, 0) is 5.21 Å². The second kappa shape index (κ2) is 2.82. The second-order valence-corrected chi connectivity index (χ2v) is 4.82. The van der Waals surface area contributed by atoms with Crippen molar-refractivity contribution in [2.75, 3.05) is 0 Å². The summed E-state index contributed by atoms with van der Waals surface area (Å²) < 4.78 is 0. The van der Waals surface area contributed by atoms with Crippen molar-refractivity contribution in [3.05, 3.63) is 18.0 Å². The Balaban J connectivity index is 2.46. The van der Waals surface area contributed by atoms with Gasteiger partial charge < -0.3 is 0 Å². The third kappa shape index (κ3) is 1.26. The first-order chi connectivity index (χ1) is 6.86. The van der Waals surface area contributed by atoms with Crippen LogP contribution in [0.2, 0.25) is 0 Å². The summed E-state index contributed by atoms with van der Waals surface area (Å²) >= 11 is 0. The highest BCUT2D eigenvalue weighted by Gasteiger charge is 2.50. The summed E-state index contributed by atoms with van der Waals surface area (Å²) in [6, 6.07) is 1.75. The first kappa shape index (κ1) is 10.2. The summed E-state index contributed by atoms with van der Waals surface area (Å²) in [6.45, 7) is 7.71. The van der Waals surface area contributed by atoms with Gasteiger partial charge in [-0.05, 0) is 33.8 Å². The van der Waals surface area contributed by atoms with E-state index in [4.69, 9.17) is 0 Å². The van der Waals surface area contributed by atoms with Gasteiger partial charge in [-0.2, -0.15) is 10.2 Å². The van der Waals surface area contributed by atoms with Crippen LogP contribution in [0.4, 0.5) is 0 Å². The average molecular weight is 207 g/mol. The van der Waals surface area contributed by atoms with Crippen molar-refractivity contribution < 1.29 is 5.21 Å². The minimum Gasteiger partial charge on any atom is -0.275 e. The molecule has 1 aliphatic rings. The fourth-order valence-corrected chi connectivity index (χ4v) is 1.51. The minimum atomic E-state index is -0.534. The number of H-pyrrole nitrogens is 1. The van der Waals surface area contributed by atoms with E-state index in [0.29, 0.717) is 11.5 Å². The van der Waals surface area contributed by atoms with Crippen LogP contribution in [0.15, 0.2) is 17.3 Å². The molecule has 5 heteroatoms. The molecule has 1 aromatic heterocycles. The molecule has 0 atom stereocenters. The van der Waals surface area contributed by atoms with E-state index in [1.54, 1.807) is 12.3 Å². The Morgan fingerprint density at radius 2 is 2.00 bits per heavy atom. The van der Waals surface area contributed by atoms with E-state index in [-0.39, 0.29) is 0 Å². The van der Waals surface area contributed by atoms with Crippen LogP contribution in [0, 0.1) is 0 Å². The predicted molar refractivity (Wildman–Crippen MR) is 55.8 cm³/mol. The molecule has 0 spiro atoms. The molecule has 1 aromatic rings. The maximum absolute atomic E-state index is 12.1. The molecule has 2 rings (SSSR count). The summed E-state index contributed by atoms with van der Waals surface area (Å²) in [5.41, 5.74) is -0.258. The van der Waals surface area contributed by atoms with E-state index in [9.17, 15) is 5.21 Å². The molecular formula is C10H15N4O. The predicted octanol–water partition coefficient (Wildman–Crippen LogP) is 1.37. The number of hydrogen-bond donors (Lipinski definition) is 1. The van der Waals surface area contributed by atoms with Gasteiger partial charge >= 0.3 is 0 Å². The highest BCUT2D eigenvalue weighted by atomic mass is 16.5. The molecule has 0 saturated heterocycles. The molecule has 0 unspecified atom stereocenters. The molecule has 0 fully saturated rings. The topological polar surface area (TPSA) is 64.2 Å². The SMILES string of the molecule is CC1(C)N=C(c2ccn[nH]2)N([O])C1(C)C. The van der Waals surface area contributed by atoms with Crippen LogP contribution >= 0.6 is 0 Å².